The predicted octanol–water partition coefficient (Wildman–Crippen LogP) is 1.69. The van der Waals surface area contributed by atoms with Gasteiger partial charge >= 0.3 is 0 Å². The number of para-hydroxylation sites is 2. The molecule has 2 aliphatic rings. The van der Waals surface area contributed by atoms with Gasteiger partial charge in [-0.05, 0) is 25.0 Å². The second-order valence-corrected chi connectivity index (χ2v) is 7.20. The van der Waals surface area contributed by atoms with Crippen LogP contribution in [0.4, 0.5) is 0 Å². The van der Waals surface area contributed by atoms with Crippen LogP contribution in [0.5, 0.6) is 11.5 Å². The summed E-state index contributed by atoms with van der Waals surface area (Å²) in [5.41, 5.74) is 0. The van der Waals surface area contributed by atoms with Gasteiger partial charge in [0.25, 0.3) is 5.91 Å². The smallest absolute Gasteiger partial charge is 0.265 e. The van der Waals surface area contributed by atoms with Gasteiger partial charge in [-0.2, -0.15) is 0 Å². The summed E-state index contributed by atoms with van der Waals surface area (Å²) in [6.07, 6.45) is -0.964. The lowest BCUT2D eigenvalue weighted by molar-refractivity contribution is -0.134. The Balaban J connectivity index is 1.51. The average molecular weight is 348 g/mol. The number of carbonyl (C=O) groups excluding carboxylic acids is 1. The molecular formula is C19H28N2O4. The minimum atomic E-state index is -0.648. The molecule has 2 aliphatic heterocycles. The summed E-state index contributed by atoms with van der Waals surface area (Å²) in [4.78, 5) is 14.9. The first-order chi connectivity index (χ1) is 12.0. The van der Waals surface area contributed by atoms with E-state index in [0.29, 0.717) is 30.6 Å². The summed E-state index contributed by atoms with van der Waals surface area (Å²) in [6, 6.07) is 7.42. The predicted molar refractivity (Wildman–Crippen MR) is 95.0 cm³/mol. The van der Waals surface area contributed by atoms with E-state index in [1.54, 1.807) is 0 Å². The van der Waals surface area contributed by atoms with Crippen LogP contribution in [0.25, 0.3) is 0 Å². The highest BCUT2D eigenvalue weighted by Gasteiger charge is 2.34. The Labute approximate surface area is 149 Å². The van der Waals surface area contributed by atoms with Crippen LogP contribution in [0.3, 0.4) is 0 Å². The van der Waals surface area contributed by atoms with Crippen LogP contribution in [0, 0.1) is 5.92 Å². The van der Waals surface area contributed by atoms with Crippen LogP contribution in [0.1, 0.15) is 20.8 Å². The van der Waals surface area contributed by atoms with Gasteiger partial charge < -0.3 is 19.5 Å². The van der Waals surface area contributed by atoms with Gasteiger partial charge in [-0.15, -0.1) is 0 Å². The Hall–Kier alpha value is -1.79. The molecule has 1 aromatic rings. The molecule has 25 heavy (non-hydrogen) atoms. The highest BCUT2D eigenvalue weighted by molar-refractivity contribution is 5.82. The molecule has 1 N–H and O–H groups in total. The molecule has 1 saturated heterocycles. The number of amides is 1. The third kappa shape index (κ3) is 4.64. The van der Waals surface area contributed by atoms with Gasteiger partial charge in [-0.3, -0.25) is 9.69 Å². The van der Waals surface area contributed by atoms with Crippen molar-refractivity contribution in [1.29, 1.82) is 0 Å². The highest BCUT2D eigenvalue weighted by Crippen LogP contribution is 2.33. The fraction of sp³-hybridized carbons (Fsp3) is 0.632. The Kier molecular flexibility index (Phi) is 5.81. The molecule has 6 heteroatoms. The van der Waals surface area contributed by atoms with E-state index >= 15 is 0 Å². The molecule has 0 aliphatic carbocycles. The maximum Gasteiger partial charge on any atom is 0.265 e. The number of ether oxygens (including phenoxy) is 3. The zero-order chi connectivity index (χ0) is 17.8. The number of benzene rings is 1. The summed E-state index contributed by atoms with van der Waals surface area (Å²) in [5.74, 6) is 1.75. The molecule has 6 nitrogen and oxygen atoms in total. The maximum atomic E-state index is 12.5. The number of fused-ring (bicyclic) bond motifs is 1. The molecule has 1 aromatic carbocycles. The van der Waals surface area contributed by atoms with Gasteiger partial charge in [0, 0.05) is 26.2 Å². The van der Waals surface area contributed by atoms with E-state index in [-0.39, 0.29) is 18.1 Å². The fourth-order valence-corrected chi connectivity index (χ4v) is 3.31. The Morgan fingerprint density at radius 3 is 2.72 bits per heavy atom. The lowest BCUT2D eigenvalue weighted by Gasteiger charge is -2.35. The Morgan fingerprint density at radius 1 is 1.28 bits per heavy atom. The number of hydrogen-bond acceptors (Lipinski definition) is 5. The van der Waals surface area contributed by atoms with Gasteiger partial charge in [0.05, 0.1) is 12.7 Å². The number of morpholine rings is 1. The van der Waals surface area contributed by atoms with Crippen molar-refractivity contribution < 1.29 is 19.0 Å². The van der Waals surface area contributed by atoms with Gasteiger partial charge in [0.2, 0.25) is 6.10 Å². The molecule has 0 bridgehead atoms. The monoisotopic (exact) mass is 348 g/mol. The van der Waals surface area contributed by atoms with Crippen molar-refractivity contribution in [2.24, 2.45) is 5.92 Å². The fourth-order valence-electron chi connectivity index (χ4n) is 3.31. The van der Waals surface area contributed by atoms with E-state index in [1.807, 2.05) is 31.2 Å². The summed E-state index contributed by atoms with van der Waals surface area (Å²) in [6.45, 7) is 10.3. The standard InChI is InChI=1S/C19H28N2O4/c1-13(2)11-21-8-9-23-15(12-21)10-20-19(22)18-14(3)24-16-6-4-5-7-17(16)25-18/h4-7,13-15,18H,8-12H2,1-3H3,(H,20,22)/t14-,15+,18+/m0/s1. The molecule has 3 atom stereocenters. The van der Waals surface area contributed by atoms with Crippen LogP contribution in [-0.4, -0.2) is 61.9 Å². The van der Waals surface area contributed by atoms with Gasteiger partial charge in [-0.25, -0.2) is 0 Å². The Bertz CT molecular complexity index is 593. The number of nitrogens with zero attached hydrogens (tertiary/aromatic N) is 1. The first-order valence-corrected chi connectivity index (χ1v) is 9.07. The minimum absolute atomic E-state index is 0.0172. The molecule has 0 unspecified atom stereocenters. The van der Waals surface area contributed by atoms with E-state index in [4.69, 9.17) is 14.2 Å². The number of rotatable bonds is 5. The van der Waals surface area contributed by atoms with Crippen LogP contribution in [0.2, 0.25) is 0 Å². The van der Waals surface area contributed by atoms with Crippen molar-refractivity contribution in [3.63, 3.8) is 0 Å². The molecule has 3 rings (SSSR count). The average Bonchev–Trinajstić information content (AvgIpc) is 2.59. The van der Waals surface area contributed by atoms with Crippen molar-refractivity contribution in [3.05, 3.63) is 24.3 Å². The van der Waals surface area contributed by atoms with Crippen molar-refractivity contribution in [1.82, 2.24) is 10.2 Å². The summed E-state index contributed by atoms with van der Waals surface area (Å²) < 4.78 is 17.4. The van der Waals surface area contributed by atoms with Gasteiger partial charge in [0.15, 0.2) is 11.5 Å². The van der Waals surface area contributed by atoms with E-state index < -0.39 is 6.10 Å². The molecule has 138 valence electrons. The van der Waals surface area contributed by atoms with Crippen molar-refractivity contribution >= 4 is 5.91 Å². The van der Waals surface area contributed by atoms with E-state index in [0.717, 1.165) is 19.6 Å². The van der Waals surface area contributed by atoms with Crippen LogP contribution < -0.4 is 14.8 Å². The third-order valence-corrected chi connectivity index (χ3v) is 4.45. The third-order valence-electron chi connectivity index (χ3n) is 4.45. The van der Waals surface area contributed by atoms with Gasteiger partial charge in [-0.1, -0.05) is 26.0 Å². The normalized spacial score (nSPS) is 26.5. The number of hydrogen-bond donors (Lipinski definition) is 1. The van der Waals surface area contributed by atoms with E-state index in [2.05, 4.69) is 24.1 Å². The van der Waals surface area contributed by atoms with Crippen molar-refractivity contribution in [2.75, 3.05) is 32.8 Å². The topological polar surface area (TPSA) is 60.0 Å². The number of carbonyl (C=O) groups is 1. The van der Waals surface area contributed by atoms with Crippen LogP contribution >= 0.6 is 0 Å². The van der Waals surface area contributed by atoms with E-state index in [1.165, 1.54) is 0 Å². The molecule has 1 fully saturated rings. The second kappa shape index (κ2) is 8.06. The largest absolute Gasteiger partial charge is 0.482 e. The molecule has 0 radical (unpaired) electrons. The van der Waals surface area contributed by atoms with Crippen molar-refractivity contribution in [2.45, 2.75) is 39.1 Å². The van der Waals surface area contributed by atoms with Crippen LogP contribution in [0.15, 0.2) is 24.3 Å². The molecule has 0 saturated carbocycles. The van der Waals surface area contributed by atoms with E-state index in [9.17, 15) is 4.79 Å². The number of nitrogens with one attached hydrogen (secondary N) is 1. The second-order valence-electron chi connectivity index (χ2n) is 7.20. The molecule has 0 spiro atoms. The Morgan fingerprint density at radius 2 is 2.00 bits per heavy atom. The first kappa shape index (κ1) is 18.0. The summed E-state index contributed by atoms with van der Waals surface area (Å²) in [5, 5.41) is 2.96. The maximum absolute atomic E-state index is 12.5. The molecular weight excluding hydrogens is 320 g/mol. The molecule has 1 amide bonds. The zero-order valence-electron chi connectivity index (χ0n) is 15.2. The SMILES string of the molecule is CC(C)CN1CCO[C@H](CNC(=O)[C@@H]2Oc3ccccc3O[C@H]2C)C1. The summed E-state index contributed by atoms with van der Waals surface area (Å²) >= 11 is 0. The summed E-state index contributed by atoms with van der Waals surface area (Å²) in [7, 11) is 0. The minimum Gasteiger partial charge on any atom is -0.482 e. The first-order valence-electron chi connectivity index (χ1n) is 9.07. The van der Waals surface area contributed by atoms with Gasteiger partial charge in [0.1, 0.15) is 6.10 Å². The molecule has 2 heterocycles. The van der Waals surface area contributed by atoms with Crippen molar-refractivity contribution in [3.8, 4) is 11.5 Å². The zero-order valence-corrected chi connectivity index (χ0v) is 15.2. The lowest BCUT2D eigenvalue weighted by Crippen LogP contribution is -2.53. The lowest BCUT2D eigenvalue weighted by atomic mass is 10.1. The van der Waals surface area contributed by atoms with Crippen LogP contribution in [-0.2, 0) is 9.53 Å². The quantitative estimate of drug-likeness (QED) is 0.877. The highest BCUT2D eigenvalue weighted by atomic mass is 16.6. The molecule has 0 aromatic heterocycles.